The van der Waals surface area contributed by atoms with Crippen LogP contribution in [-0.4, -0.2) is 27.9 Å². The summed E-state index contributed by atoms with van der Waals surface area (Å²) < 4.78 is 0. The van der Waals surface area contributed by atoms with E-state index < -0.39 is 6.10 Å². The number of phenols is 2. The molecule has 2 aromatic rings. The molecule has 0 aliphatic heterocycles. The van der Waals surface area contributed by atoms with Gasteiger partial charge in [0.2, 0.25) is 0 Å². The number of phenolic OH excluding ortho intramolecular Hbond substituents is 2. The van der Waals surface area contributed by atoms with Crippen LogP contribution in [0.4, 0.5) is 0 Å². The van der Waals surface area contributed by atoms with Crippen LogP contribution in [0.1, 0.15) is 24.2 Å². The highest BCUT2D eigenvalue weighted by molar-refractivity contribution is 5.27. The van der Waals surface area contributed by atoms with Crippen molar-refractivity contribution in [1.82, 2.24) is 0 Å². The van der Waals surface area contributed by atoms with Gasteiger partial charge in [-0.05, 0) is 42.3 Å². The molecule has 0 saturated heterocycles. The Morgan fingerprint density at radius 2 is 1.43 bits per heavy atom. The first-order valence-corrected chi connectivity index (χ1v) is 7.14. The van der Waals surface area contributed by atoms with Gasteiger partial charge < -0.3 is 20.6 Å². The summed E-state index contributed by atoms with van der Waals surface area (Å²) in [6.45, 7) is 2.84. The Hall–Kier alpha value is -2.04. The second-order valence-corrected chi connectivity index (χ2v) is 5.34. The third kappa shape index (κ3) is 4.48. The quantitative estimate of drug-likeness (QED) is 0.647. The molecule has 0 spiro atoms. The van der Waals surface area contributed by atoms with E-state index in [4.69, 9.17) is 0 Å². The molecule has 0 aromatic heterocycles. The van der Waals surface area contributed by atoms with Crippen molar-refractivity contribution in [3.05, 3.63) is 59.7 Å². The molecule has 0 unspecified atom stereocenters. The SMILES string of the molecule is C[C@@H]([NH2+]CCc1ccc(O)cc1)[C@@H](O)c1ccc(O)cc1. The topological polar surface area (TPSA) is 77.3 Å². The minimum absolute atomic E-state index is 0.0339. The zero-order valence-electron chi connectivity index (χ0n) is 12.1. The minimum Gasteiger partial charge on any atom is -0.508 e. The third-order valence-corrected chi connectivity index (χ3v) is 3.64. The maximum absolute atomic E-state index is 10.3. The molecule has 0 aliphatic carbocycles. The van der Waals surface area contributed by atoms with E-state index in [0.717, 1.165) is 24.1 Å². The van der Waals surface area contributed by atoms with Crippen molar-refractivity contribution < 1.29 is 20.6 Å². The number of quaternary nitrogens is 1. The molecule has 2 atom stereocenters. The molecule has 4 heteroatoms. The first-order valence-electron chi connectivity index (χ1n) is 7.14. The Balaban J connectivity index is 1.82. The van der Waals surface area contributed by atoms with Crippen LogP contribution in [0.5, 0.6) is 11.5 Å². The molecule has 0 radical (unpaired) electrons. The Morgan fingerprint density at radius 1 is 0.905 bits per heavy atom. The lowest BCUT2D eigenvalue weighted by molar-refractivity contribution is -0.694. The molecule has 2 aromatic carbocycles. The summed E-state index contributed by atoms with van der Waals surface area (Å²) in [5.41, 5.74) is 1.97. The monoisotopic (exact) mass is 288 g/mol. The van der Waals surface area contributed by atoms with E-state index in [1.165, 1.54) is 0 Å². The van der Waals surface area contributed by atoms with E-state index in [0.29, 0.717) is 0 Å². The summed E-state index contributed by atoms with van der Waals surface area (Å²) in [4.78, 5) is 0. The van der Waals surface area contributed by atoms with Crippen LogP contribution in [-0.2, 0) is 6.42 Å². The molecule has 0 fully saturated rings. The molecule has 0 bridgehead atoms. The summed E-state index contributed by atoms with van der Waals surface area (Å²) in [7, 11) is 0. The zero-order valence-corrected chi connectivity index (χ0v) is 12.1. The van der Waals surface area contributed by atoms with Crippen molar-refractivity contribution in [2.24, 2.45) is 0 Å². The second-order valence-electron chi connectivity index (χ2n) is 5.34. The highest BCUT2D eigenvalue weighted by atomic mass is 16.3. The number of rotatable bonds is 6. The molecule has 21 heavy (non-hydrogen) atoms. The number of aliphatic hydroxyl groups is 1. The number of aliphatic hydroxyl groups excluding tert-OH is 1. The molecule has 0 heterocycles. The summed E-state index contributed by atoms with van der Waals surface area (Å²) in [5, 5.41) is 30.9. The van der Waals surface area contributed by atoms with Gasteiger partial charge in [0.05, 0.1) is 6.54 Å². The maximum Gasteiger partial charge on any atom is 0.130 e. The van der Waals surface area contributed by atoms with Crippen molar-refractivity contribution in [3.8, 4) is 11.5 Å². The fourth-order valence-electron chi connectivity index (χ4n) is 2.28. The van der Waals surface area contributed by atoms with Crippen molar-refractivity contribution in [2.45, 2.75) is 25.5 Å². The van der Waals surface area contributed by atoms with Gasteiger partial charge in [0.15, 0.2) is 0 Å². The predicted octanol–water partition coefficient (Wildman–Crippen LogP) is 1.33. The molecular weight excluding hydrogens is 266 g/mol. The molecule has 0 aliphatic rings. The molecule has 112 valence electrons. The normalized spacial score (nSPS) is 13.8. The highest BCUT2D eigenvalue weighted by Crippen LogP contribution is 2.18. The average molecular weight is 288 g/mol. The average Bonchev–Trinajstić information content (AvgIpc) is 2.49. The van der Waals surface area contributed by atoms with Crippen LogP contribution in [0, 0.1) is 0 Å². The van der Waals surface area contributed by atoms with Crippen LogP contribution in [0.15, 0.2) is 48.5 Å². The van der Waals surface area contributed by atoms with E-state index in [2.05, 4.69) is 5.32 Å². The number of benzene rings is 2. The van der Waals surface area contributed by atoms with Crippen LogP contribution >= 0.6 is 0 Å². The third-order valence-electron chi connectivity index (χ3n) is 3.64. The Morgan fingerprint density at radius 3 is 2.00 bits per heavy atom. The number of hydrogen-bond acceptors (Lipinski definition) is 3. The van der Waals surface area contributed by atoms with E-state index in [9.17, 15) is 15.3 Å². The largest absolute Gasteiger partial charge is 0.508 e. The van der Waals surface area contributed by atoms with Crippen LogP contribution in [0.25, 0.3) is 0 Å². The fourth-order valence-corrected chi connectivity index (χ4v) is 2.28. The van der Waals surface area contributed by atoms with Crippen molar-refractivity contribution >= 4 is 0 Å². The van der Waals surface area contributed by atoms with Gasteiger partial charge in [-0.3, -0.25) is 0 Å². The van der Waals surface area contributed by atoms with Gasteiger partial charge in [0.25, 0.3) is 0 Å². The van der Waals surface area contributed by atoms with Gasteiger partial charge in [-0.2, -0.15) is 0 Å². The maximum atomic E-state index is 10.3. The molecule has 0 amide bonds. The van der Waals surface area contributed by atoms with Gasteiger partial charge in [-0.15, -0.1) is 0 Å². The molecule has 2 rings (SSSR count). The summed E-state index contributed by atoms with van der Waals surface area (Å²) in [5.74, 6) is 0.480. The van der Waals surface area contributed by atoms with Gasteiger partial charge in [0, 0.05) is 6.42 Å². The highest BCUT2D eigenvalue weighted by Gasteiger charge is 2.18. The number of hydrogen-bond donors (Lipinski definition) is 4. The summed E-state index contributed by atoms with van der Waals surface area (Å²) in [6.07, 6.45) is 0.317. The van der Waals surface area contributed by atoms with Crippen molar-refractivity contribution in [1.29, 1.82) is 0 Å². The fraction of sp³-hybridized carbons (Fsp3) is 0.294. The van der Waals surface area contributed by atoms with E-state index in [-0.39, 0.29) is 17.5 Å². The Kier molecular flexibility index (Phi) is 5.20. The summed E-state index contributed by atoms with van der Waals surface area (Å²) >= 11 is 0. The van der Waals surface area contributed by atoms with Crippen LogP contribution < -0.4 is 5.32 Å². The van der Waals surface area contributed by atoms with Crippen molar-refractivity contribution in [3.63, 3.8) is 0 Å². The van der Waals surface area contributed by atoms with E-state index in [1.54, 1.807) is 36.4 Å². The first kappa shape index (κ1) is 15.4. The molecular formula is C17H22NO3+. The second kappa shape index (κ2) is 7.11. The van der Waals surface area contributed by atoms with Gasteiger partial charge >= 0.3 is 0 Å². The van der Waals surface area contributed by atoms with Crippen LogP contribution in [0.3, 0.4) is 0 Å². The molecule has 5 N–H and O–H groups in total. The lowest BCUT2D eigenvalue weighted by Gasteiger charge is -2.18. The standard InChI is InChI=1S/C17H21NO3/c1-12(17(21)14-4-8-16(20)9-5-14)18-11-10-13-2-6-15(19)7-3-13/h2-9,12,17-21H,10-11H2,1H3/p+1/t12-,17-/m1/s1. The summed E-state index contributed by atoms with van der Waals surface area (Å²) in [6, 6.07) is 13.9. The Labute approximate surface area is 124 Å². The van der Waals surface area contributed by atoms with Gasteiger partial charge in [-0.1, -0.05) is 24.3 Å². The van der Waals surface area contributed by atoms with Crippen molar-refractivity contribution in [2.75, 3.05) is 6.54 Å². The molecule has 4 nitrogen and oxygen atoms in total. The van der Waals surface area contributed by atoms with Crippen LogP contribution in [0.2, 0.25) is 0 Å². The lowest BCUT2D eigenvalue weighted by Crippen LogP contribution is -2.90. The first-order chi connectivity index (χ1) is 10.1. The lowest BCUT2D eigenvalue weighted by atomic mass is 10.0. The predicted molar refractivity (Wildman–Crippen MR) is 81.1 cm³/mol. The molecule has 0 saturated carbocycles. The van der Waals surface area contributed by atoms with E-state index in [1.807, 2.05) is 19.1 Å². The zero-order chi connectivity index (χ0) is 15.2. The Bertz CT molecular complexity index is 551. The smallest absolute Gasteiger partial charge is 0.130 e. The minimum atomic E-state index is -0.564. The van der Waals surface area contributed by atoms with Gasteiger partial charge in [-0.25, -0.2) is 0 Å². The number of nitrogens with two attached hydrogens (primary N) is 1. The van der Waals surface area contributed by atoms with Gasteiger partial charge in [0.1, 0.15) is 23.6 Å². The van der Waals surface area contributed by atoms with E-state index >= 15 is 0 Å². The number of aromatic hydroxyl groups is 2.